The fraction of sp³-hybridized carbons (Fsp3) is 0.889. The van der Waals surface area contributed by atoms with Crippen LogP contribution in [0, 0.1) is 17.8 Å². The molecule has 0 spiro atoms. The van der Waals surface area contributed by atoms with Crippen molar-refractivity contribution in [3.63, 3.8) is 0 Å². The third-order valence-corrected chi connectivity index (χ3v) is 3.97. The van der Waals surface area contributed by atoms with Crippen molar-refractivity contribution in [2.45, 2.75) is 31.4 Å². The van der Waals surface area contributed by atoms with E-state index in [1.54, 1.807) is 0 Å². The number of amides is 1. The average molecular weight is 167 g/mol. The van der Waals surface area contributed by atoms with Crippen LogP contribution in [0.2, 0.25) is 0 Å². The Balaban J connectivity index is 2.01. The van der Waals surface area contributed by atoms with Crippen LogP contribution in [-0.4, -0.2) is 16.7 Å². The van der Waals surface area contributed by atoms with Crippen LogP contribution in [0.3, 0.4) is 0 Å². The summed E-state index contributed by atoms with van der Waals surface area (Å²) in [6, 6.07) is 0. The molecule has 3 rings (SSSR count). The number of hydrogen-bond donors (Lipinski definition) is 2. The van der Waals surface area contributed by atoms with Gasteiger partial charge in [0.15, 0.2) is 0 Å². The van der Waals surface area contributed by atoms with E-state index in [1.807, 2.05) is 0 Å². The molecular weight excluding hydrogens is 154 g/mol. The van der Waals surface area contributed by atoms with Crippen molar-refractivity contribution < 1.29 is 9.90 Å². The standard InChI is InChI=1S/C9H13NO2/c11-8-4-7-5-1-2-6(3-5)9(7,12)10-8/h5-7,12H,1-4H2,(H,10,11)/t5-,6+,7+,9+/m0/s1. The molecule has 1 heterocycles. The number of fused-ring (bicyclic) bond motifs is 5. The van der Waals surface area contributed by atoms with E-state index >= 15 is 0 Å². The molecule has 3 fully saturated rings. The fourth-order valence-corrected chi connectivity index (χ4v) is 3.43. The lowest BCUT2D eigenvalue weighted by atomic mass is 9.82. The van der Waals surface area contributed by atoms with Gasteiger partial charge in [-0.05, 0) is 25.2 Å². The quantitative estimate of drug-likeness (QED) is 0.543. The number of nitrogens with one attached hydrogen (secondary N) is 1. The second-order valence-electron chi connectivity index (χ2n) is 4.45. The first-order valence-corrected chi connectivity index (χ1v) is 4.73. The molecule has 2 bridgehead atoms. The Morgan fingerprint density at radius 1 is 1.50 bits per heavy atom. The summed E-state index contributed by atoms with van der Waals surface area (Å²) in [6.45, 7) is 0. The van der Waals surface area contributed by atoms with Crippen LogP contribution >= 0.6 is 0 Å². The van der Waals surface area contributed by atoms with E-state index < -0.39 is 5.72 Å². The molecule has 1 aliphatic heterocycles. The van der Waals surface area contributed by atoms with Crippen LogP contribution in [0.1, 0.15) is 25.7 Å². The van der Waals surface area contributed by atoms with E-state index in [9.17, 15) is 9.90 Å². The maximum Gasteiger partial charge on any atom is 0.222 e. The lowest BCUT2D eigenvalue weighted by Crippen LogP contribution is -2.50. The van der Waals surface area contributed by atoms with Gasteiger partial charge in [-0.15, -0.1) is 0 Å². The molecular formula is C9H13NO2. The van der Waals surface area contributed by atoms with Crippen LogP contribution in [0.5, 0.6) is 0 Å². The molecule has 0 aromatic rings. The van der Waals surface area contributed by atoms with Gasteiger partial charge in [-0.1, -0.05) is 0 Å². The number of carbonyl (C=O) groups excluding carboxylic acids is 1. The van der Waals surface area contributed by atoms with Crippen LogP contribution < -0.4 is 5.32 Å². The third kappa shape index (κ3) is 0.600. The van der Waals surface area contributed by atoms with E-state index in [-0.39, 0.29) is 11.8 Å². The van der Waals surface area contributed by atoms with Gasteiger partial charge >= 0.3 is 0 Å². The van der Waals surface area contributed by atoms with Crippen LogP contribution in [0.15, 0.2) is 0 Å². The SMILES string of the molecule is O=C1C[C@@H]2[C@H]3CC[C@H](C3)[C@]2(O)N1. The first-order valence-electron chi connectivity index (χ1n) is 4.73. The highest BCUT2D eigenvalue weighted by Crippen LogP contribution is 2.56. The van der Waals surface area contributed by atoms with Gasteiger partial charge in [0.25, 0.3) is 0 Å². The maximum absolute atomic E-state index is 11.1. The summed E-state index contributed by atoms with van der Waals surface area (Å²) < 4.78 is 0. The summed E-state index contributed by atoms with van der Waals surface area (Å²) in [5.41, 5.74) is -0.806. The highest BCUT2D eigenvalue weighted by molar-refractivity contribution is 5.80. The Labute approximate surface area is 71.1 Å². The molecule has 0 aromatic heterocycles. The minimum Gasteiger partial charge on any atom is -0.370 e. The van der Waals surface area contributed by atoms with Crippen LogP contribution in [-0.2, 0) is 4.79 Å². The zero-order chi connectivity index (χ0) is 8.34. The molecule has 4 atom stereocenters. The van der Waals surface area contributed by atoms with Gasteiger partial charge < -0.3 is 10.4 Å². The van der Waals surface area contributed by atoms with E-state index in [2.05, 4.69) is 5.32 Å². The highest BCUT2D eigenvalue weighted by Gasteiger charge is 2.61. The summed E-state index contributed by atoms with van der Waals surface area (Å²) >= 11 is 0. The average Bonchev–Trinajstić information content (AvgIpc) is 2.57. The Kier molecular flexibility index (Phi) is 1.06. The normalized spacial score (nSPS) is 55.8. The molecule has 2 aliphatic carbocycles. The van der Waals surface area contributed by atoms with Crippen LogP contribution in [0.25, 0.3) is 0 Å². The van der Waals surface area contributed by atoms with Crippen molar-refractivity contribution in [3.8, 4) is 0 Å². The van der Waals surface area contributed by atoms with Gasteiger partial charge in [0.2, 0.25) is 5.91 Å². The predicted octanol–water partition coefficient (Wildman–Crippen LogP) is 0.241. The molecule has 1 amide bonds. The zero-order valence-corrected chi connectivity index (χ0v) is 6.92. The predicted molar refractivity (Wildman–Crippen MR) is 42.0 cm³/mol. The molecule has 2 saturated carbocycles. The molecule has 3 heteroatoms. The molecule has 3 aliphatic rings. The van der Waals surface area contributed by atoms with E-state index in [1.165, 1.54) is 6.42 Å². The summed E-state index contributed by atoms with van der Waals surface area (Å²) in [7, 11) is 0. The molecule has 1 saturated heterocycles. The summed E-state index contributed by atoms with van der Waals surface area (Å²) in [5, 5.41) is 12.9. The van der Waals surface area contributed by atoms with Crippen molar-refractivity contribution >= 4 is 5.91 Å². The van der Waals surface area contributed by atoms with Crippen molar-refractivity contribution in [2.75, 3.05) is 0 Å². The van der Waals surface area contributed by atoms with Crippen molar-refractivity contribution in [1.82, 2.24) is 5.32 Å². The van der Waals surface area contributed by atoms with E-state index in [4.69, 9.17) is 0 Å². The van der Waals surface area contributed by atoms with E-state index in [0.29, 0.717) is 18.3 Å². The third-order valence-electron chi connectivity index (χ3n) is 3.97. The first-order chi connectivity index (χ1) is 5.70. The van der Waals surface area contributed by atoms with Crippen molar-refractivity contribution in [2.24, 2.45) is 17.8 Å². The second-order valence-corrected chi connectivity index (χ2v) is 4.45. The molecule has 3 nitrogen and oxygen atoms in total. The lowest BCUT2D eigenvalue weighted by molar-refractivity contribution is -0.123. The van der Waals surface area contributed by atoms with Gasteiger partial charge in [0.05, 0.1) is 0 Å². The van der Waals surface area contributed by atoms with Gasteiger partial charge in [0, 0.05) is 18.3 Å². The van der Waals surface area contributed by atoms with Gasteiger partial charge in [-0.25, -0.2) is 0 Å². The van der Waals surface area contributed by atoms with Gasteiger partial charge in [-0.3, -0.25) is 4.79 Å². The highest BCUT2D eigenvalue weighted by atomic mass is 16.3. The van der Waals surface area contributed by atoms with Crippen molar-refractivity contribution in [3.05, 3.63) is 0 Å². The van der Waals surface area contributed by atoms with Crippen molar-refractivity contribution in [1.29, 1.82) is 0 Å². The van der Waals surface area contributed by atoms with Crippen LogP contribution in [0.4, 0.5) is 0 Å². The molecule has 0 radical (unpaired) electrons. The fourth-order valence-electron chi connectivity index (χ4n) is 3.43. The first kappa shape index (κ1) is 6.89. The molecule has 0 unspecified atom stereocenters. The minimum atomic E-state index is -0.806. The number of aliphatic hydroxyl groups is 1. The van der Waals surface area contributed by atoms with Gasteiger partial charge in [0.1, 0.15) is 5.72 Å². The summed E-state index contributed by atoms with van der Waals surface area (Å²) in [5.74, 6) is 1.22. The summed E-state index contributed by atoms with van der Waals surface area (Å²) in [6.07, 6.45) is 3.99. The molecule has 66 valence electrons. The monoisotopic (exact) mass is 167 g/mol. The number of rotatable bonds is 0. The smallest absolute Gasteiger partial charge is 0.222 e. The molecule has 0 aromatic carbocycles. The topological polar surface area (TPSA) is 49.3 Å². The minimum absolute atomic E-state index is 0.0408. The second kappa shape index (κ2) is 1.84. The Hall–Kier alpha value is -0.570. The Bertz CT molecular complexity index is 253. The number of hydrogen-bond acceptors (Lipinski definition) is 2. The summed E-state index contributed by atoms with van der Waals surface area (Å²) in [4.78, 5) is 11.1. The number of carbonyl (C=O) groups is 1. The maximum atomic E-state index is 11.1. The van der Waals surface area contributed by atoms with E-state index in [0.717, 1.165) is 12.8 Å². The largest absolute Gasteiger partial charge is 0.370 e. The lowest BCUT2D eigenvalue weighted by Gasteiger charge is -2.33. The Morgan fingerprint density at radius 2 is 2.33 bits per heavy atom. The molecule has 12 heavy (non-hydrogen) atoms. The molecule has 2 N–H and O–H groups in total. The van der Waals surface area contributed by atoms with Gasteiger partial charge in [-0.2, -0.15) is 0 Å². The zero-order valence-electron chi connectivity index (χ0n) is 6.92. The Morgan fingerprint density at radius 3 is 3.08 bits per heavy atom.